The van der Waals surface area contributed by atoms with Crippen LogP contribution in [0.25, 0.3) is 0 Å². The zero-order chi connectivity index (χ0) is 31.9. The number of carbonyl (C=O) groups is 5. The number of rotatable bonds is 4. The Bertz CT molecular complexity index is 1870. The fraction of sp³-hybridized carbons (Fsp3) is 0.286. The van der Waals surface area contributed by atoms with Crippen LogP contribution in [0.5, 0.6) is 11.5 Å². The number of carboxylic acids is 1. The van der Waals surface area contributed by atoms with Gasteiger partial charge in [0.25, 0.3) is 0 Å². The van der Waals surface area contributed by atoms with Gasteiger partial charge in [0.05, 0.1) is 34.5 Å². The third kappa shape index (κ3) is 3.84. The van der Waals surface area contributed by atoms with E-state index in [0.717, 1.165) is 22.6 Å². The van der Waals surface area contributed by atoms with Gasteiger partial charge in [-0.05, 0) is 62.4 Å². The summed E-state index contributed by atoms with van der Waals surface area (Å²) < 4.78 is 0. The van der Waals surface area contributed by atoms with Crippen LogP contribution < -0.4 is 9.80 Å². The number of imide groups is 2. The molecule has 2 saturated heterocycles. The van der Waals surface area contributed by atoms with Crippen molar-refractivity contribution in [2.24, 2.45) is 29.1 Å². The topological polar surface area (TPSA) is 153 Å². The van der Waals surface area contributed by atoms with Crippen LogP contribution in [0.2, 0.25) is 0 Å². The SMILES string of the molecule is Cc1cccc(C2C3=CCC4C(=O)N(c5ccc(C(=O)O)c(O)c5)C(=O)C4C3CC3C(=O)N(c4ccccc4)C(=O)C32C)c1O. The molecule has 3 fully saturated rings. The summed E-state index contributed by atoms with van der Waals surface area (Å²) in [5.74, 6) is -7.48. The second kappa shape index (κ2) is 9.88. The van der Waals surface area contributed by atoms with Crippen LogP contribution in [0, 0.1) is 36.0 Å². The zero-order valence-corrected chi connectivity index (χ0v) is 24.5. The van der Waals surface area contributed by atoms with Gasteiger partial charge in [0.15, 0.2) is 0 Å². The number of fused-ring (bicyclic) bond motifs is 4. The first-order valence-corrected chi connectivity index (χ1v) is 14.8. The van der Waals surface area contributed by atoms with E-state index >= 15 is 0 Å². The highest BCUT2D eigenvalue weighted by Crippen LogP contribution is 2.64. The third-order valence-electron chi connectivity index (χ3n) is 10.3. The number of allylic oxidation sites excluding steroid dienone is 2. The van der Waals surface area contributed by atoms with Gasteiger partial charge in [0.2, 0.25) is 23.6 Å². The second-order valence-electron chi connectivity index (χ2n) is 12.5. The maximum atomic E-state index is 14.4. The molecule has 45 heavy (non-hydrogen) atoms. The van der Waals surface area contributed by atoms with Crippen LogP contribution in [0.15, 0.2) is 78.4 Å². The fourth-order valence-corrected chi connectivity index (χ4v) is 8.19. The van der Waals surface area contributed by atoms with Gasteiger partial charge in [-0.1, -0.05) is 48.0 Å². The van der Waals surface area contributed by atoms with Crippen LogP contribution in [0.3, 0.4) is 0 Å². The number of aromatic hydroxyl groups is 2. The molecule has 0 aromatic heterocycles. The van der Waals surface area contributed by atoms with E-state index in [9.17, 15) is 39.3 Å². The van der Waals surface area contributed by atoms with Gasteiger partial charge >= 0.3 is 5.97 Å². The highest BCUT2D eigenvalue weighted by Gasteiger charge is 2.68. The summed E-state index contributed by atoms with van der Waals surface area (Å²) >= 11 is 0. The summed E-state index contributed by atoms with van der Waals surface area (Å²) in [5, 5.41) is 31.0. The number of benzene rings is 3. The van der Waals surface area contributed by atoms with E-state index in [2.05, 4.69) is 0 Å². The minimum absolute atomic E-state index is 0.00834. The summed E-state index contributed by atoms with van der Waals surface area (Å²) in [6, 6.07) is 17.5. The van der Waals surface area contributed by atoms with Crippen molar-refractivity contribution >= 4 is 41.0 Å². The standard InChI is InChI=1S/C35H30N2O8/c1-17-7-6-10-23(29(17)39)28-20-13-14-22-27(32(42)36(30(22)40)19-11-12-21(33(43)44)26(38)15-19)24(20)16-25-31(41)37(34(45)35(25,28)2)18-8-4-3-5-9-18/h3-13,15,22,24-25,27-28,38-39H,14,16H2,1-2H3,(H,43,44). The number of carbonyl (C=O) groups excluding carboxylic acids is 4. The Morgan fingerprint density at radius 3 is 2.27 bits per heavy atom. The molecule has 3 aromatic carbocycles. The first-order chi connectivity index (χ1) is 21.5. The van der Waals surface area contributed by atoms with Crippen LogP contribution in [-0.2, 0) is 19.2 Å². The molecule has 3 N–H and O–H groups in total. The lowest BCUT2D eigenvalue weighted by Crippen LogP contribution is -2.49. The predicted molar refractivity (Wildman–Crippen MR) is 161 cm³/mol. The normalized spacial score (nSPS) is 28.9. The van der Waals surface area contributed by atoms with Crippen LogP contribution in [0.4, 0.5) is 11.4 Å². The molecular weight excluding hydrogens is 576 g/mol. The van der Waals surface area contributed by atoms with Crippen molar-refractivity contribution in [1.29, 1.82) is 0 Å². The highest BCUT2D eigenvalue weighted by atomic mass is 16.4. The largest absolute Gasteiger partial charge is 0.507 e. The molecule has 10 heteroatoms. The smallest absolute Gasteiger partial charge is 0.339 e. The zero-order valence-electron chi connectivity index (χ0n) is 24.5. The lowest BCUT2D eigenvalue weighted by molar-refractivity contribution is -0.131. The molecule has 0 radical (unpaired) electrons. The molecule has 10 nitrogen and oxygen atoms in total. The van der Waals surface area contributed by atoms with Crippen molar-refractivity contribution in [3.05, 3.63) is 95.1 Å². The predicted octanol–water partition coefficient (Wildman–Crippen LogP) is 4.54. The molecule has 0 bridgehead atoms. The highest BCUT2D eigenvalue weighted by molar-refractivity contribution is 6.25. The number of phenols is 2. The number of aromatic carboxylic acids is 1. The first kappa shape index (κ1) is 28.5. The van der Waals surface area contributed by atoms with E-state index in [1.165, 1.54) is 11.0 Å². The Kier molecular flexibility index (Phi) is 6.26. The maximum absolute atomic E-state index is 14.4. The molecule has 0 spiro atoms. The monoisotopic (exact) mass is 606 g/mol. The van der Waals surface area contributed by atoms with Crippen LogP contribution in [-0.4, -0.2) is 44.9 Å². The van der Waals surface area contributed by atoms with Gasteiger partial charge in [0.1, 0.15) is 17.1 Å². The van der Waals surface area contributed by atoms with E-state index in [1.54, 1.807) is 62.4 Å². The van der Waals surface area contributed by atoms with Crippen molar-refractivity contribution in [2.45, 2.75) is 32.6 Å². The lowest BCUT2D eigenvalue weighted by Gasteiger charge is -2.49. The molecule has 7 rings (SSSR count). The van der Waals surface area contributed by atoms with Crippen LogP contribution in [0.1, 0.15) is 47.2 Å². The van der Waals surface area contributed by atoms with Gasteiger partial charge in [-0.25, -0.2) is 14.6 Å². The molecule has 2 aliphatic carbocycles. The molecule has 6 atom stereocenters. The molecule has 4 amide bonds. The summed E-state index contributed by atoms with van der Waals surface area (Å²) in [7, 11) is 0. The fourth-order valence-electron chi connectivity index (χ4n) is 8.19. The Hall–Kier alpha value is -5.25. The number of carboxylic acid groups (broad SMARTS) is 1. The average Bonchev–Trinajstić information content (AvgIpc) is 3.38. The molecule has 2 aliphatic heterocycles. The Morgan fingerprint density at radius 1 is 0.844 bits per heavy atom. The molecule has 6 unspecified atom stereocenters. The molecule has 2 heterocycles. The van der Waals surface area contributed by atoms with E-state index in [0.29, 0.717) is 16.8 Å². The van der Waals surface area contributed by atoms with Crippen LogP contribution >= 0.6 is 0 Å². The van der Waals surface area contributed by atoms with Crippen molar-refractivity contribution in [3.63, 3.8) is 0 Å². The minimum atomic E-state index is -1.35. The Morgan fingerprint density at radius 2 is 1.58 bits per heavy atom. The van der Waals surface area contributed by atoms with Gasteiger partial charge in [-0.15, -0.1) is 0 Å². The Balaban J connectivity index is 1.36. The first-order valence-electron chi connectivity index (χ1n) is 14.8. The number of nitrogens with zero attached hydrogens (tertiary/aromatic N) is 2. The summed E-state index contributed by atoms with van der Waals surface area (Å²) in [5.41, 5.74) is 0.668. The van der Waals surface area contributed by atoms with E-state index in [4.69, 9.17) is 0 Å². The van der Waals surface area contributed by atoms with E-state index in [1.807, 2.05) is 6.08 Å². The van der Waals surface area contributed by atoms with E-state index < -0.39 is 64.4 Å². The Labute approximate surface area is 258 Å². The third-order valence-corrected chi connectivity index (χ3v) is 10.3. The van der Waals surface area contributed by atoms with Crippen molar-refractivity contribution < 1.29 is 39.3 Å². The molecular formula is C35H30N2O8. The maximum Gasteiger partial charge on any atom is 0.339 e. The molecule has 4 aliphatic rings. The van der Waals surface area contributed by atoms with Crippen molar-refractivity contribution in [3.8, 4) is 11.5 Å². The van der Waals surface area contributed by atoms with Gasteiger partial charge in [0, 0.05) is 17.5 Å². The average molecular weight is 607 g/mol. The van der Waals surface area contributed by atoms with Gasteiger partial charge < -0.3 is 15.3 Å². The summed E-state index contributed by atoms with van der Waals surface area (Å²) in [6.07, 6.45) is 2.24. The molecule has 1 saturated carbocycles. The van der Waals surface area contributed by atoms with E-state index in [-0.39, 0.29) is 35.7 Å². The number of phenolic OH excluding ortho intramolecular Hbond substituents is 1. The number of para-hydroxylation sites is 2. The van der Waals surface area contributed by atoms with Gasteiger partial charge in [-0.3, -0.25) is 19.2 Å². The number of aryl methyl sites for hydroxylation is 1. The van der Waals surface area contributed by atoms with Crippen molar-refractivity contribution in [2.75, 3.05) is 9.80 Å². The number of hydrogen-bond donors (Lipinski definition) is 3. The van der Waals surface area contributed by atoms with Crippen molar-refractivity contribution in [1.82, 2.24) is 0 Å². The molecule has 3 aromatic rings. The molecule has 228 valence electrons. The second-order valence-corrected chi connectivity index (χ2v) is 12.5. The number of amides is 4. The minimum Gasteiger partial charge on any atom is -0.507 e. The summed E-state index contributed by atoms with van der Waals surface area (Å²) in [4.78, 5) is 70.2. The lowest BCUT2D eigenvalue weighted by atomic mass is 9.51. The van der Waals surface area contributed by atoms with Gasteiger partial charge in [-0.2, -0.15) is 0 Å². The number of hydrogen-bond acceptors (Lipinski definition) is 7. The number of anilines is 2. The quantitative estimate of drug-likeness (QED) is 0.289. The summed E-state index contributed by atoms with van der Waals surface area (Å²) in [6.45, 7) is 3.52.